The fourth-order valence-corrected chi connectivity index (χ4v) is 2.18. The van der Waals surface area contributed by atoms with Crippen molar-refractivity contribution in [2.75, 3.05) is 5.32 Å². The number of benzene rings is 1. The van der Waals surface area contributed by atoms with Gasteiger partial charge in [0.25, 0.3) is 5.91 Å². The molecule has 0 aliphatic carbocycles. The van der Waals surface area contributed by atoms with Crippen LogP contribution in [0, 0.1) is 6.92 Å². The summed E-state index contributed by atoms with van der Waals surface area (Å²) >= 11 is 0. The van der Waals surface area contributed by atoms with Gasteiger partial charge in [-0.05, 0) is 25.1 Å². The van der Waals surface area contributed by atoms with Crippen molar-refractivity contribution in [3.63, 3.8) is 0 Å². The molecule has 104 valence electrons. The fraction of sp³-hybridized carbons (Fsp3) is 0.0625. The molecule has 0 aliphatic heterocycles. The first-order valence-corrected chi connectivity index (χ1v) is 6.50. The van der Waals surface area contributed by atoms with Crippen molar-refractivity contribution in [2.45, 2.75) is 6.92 Å². The molecule has 2 N–H and O–H groups in total. The third kappa shape index (κ3) is 2.67. The zero-order valence-corrected chi connectivity index (χ0v) is 11.4. The zero-order chi connectivity index (χ0) is 14.8. The van der Waals surface area contributed by atoms with Gasteiger partial charge in [0, 0.05) is 17.1 Å². The number of anilines is 1. The van der Waals surface area contributed by atoms with Gasteiger partial charge in [0.1, 0.15) is 5.69 Å². The number of nitrogens with one attached hydrogen (secondary N) is 2. The average Bonchev–Trinajstić information content (AvgIpc) is 2.47. The normalized spacial score (nSPS) is 10.5. The maximum Gasteiger partial charge on any atom is 0.272 e. The van der Waals surface area contributed by atoms with E-state index in [9.17, 15) is 9.59 Å². The van der Waals surface area contributed by atoms with Crippen LogP contribution < -0.4 is 10.9 Å². The Hall–Kier alpha value is -2.95. The van der Waals surface area contributed by atoms with Crippen LogP contribution in [-0.2, 0) is 0 Å². The Morgan fingerprint density at radius 1 is 1.14 bits per heavy atom. The van der Waals surface area contributed by atoms with Crippen molar-refractivity contribution < 1.29 is 4.79 Å². The molecule has 0 fully saturated rings. The molecule has 0 saturated heterocycles. The Bertz CT molecular complexity index is 884. The highest BCUT2D eigenvalue weighted by atomic mass is 16.2. The molecule has 1 amide bonds. The Kier molecular flexibility index (Phi) is 3.23. The number of amides is 1. The van der Waals surface area contributed by atoms with Crippen LogP contribution in [0.4, 0.5) is 5.69 Å². The number of aromatic amines is 1. The predicted molar refractivity (Wildman–Crippen MR) is 81.5 cm³/mol. The minimum absolute atomic E-state index is 0.223. The summed E-state index contributed by atoms with van der Waals surface area (Å²) in [4.78, 5) is 30.4. The summed E-state index contributed by atoms with van der Waals surface area (Å²) in [6, 6.07) is 13.8. The quantitative estimate of drug-likeness (QED) is 0.756. The number of fused-ring (bicyclic) bond motifs is 1. The van der Waals surface area contributed by atoms with E-state index < -0.39 is 0 Å². The number of pyridine rings is 2. The molecule has 0 bridgehead atoms. The van der Waals surface area contributed by atoms with E-state index in [0.717, 1.165) is 16.6 Å². The first kappa shape index (κ1) is 13.1. The van der Waals surface area contributed by atoms with Gasteiger partial charge < -0.3 is 10.3 Å². The van der Waals surface area contributed by atoms with Crippen LogP contribution in [0.1, 0.15) is 16.2 Å². The van der Waals surface area contributed by atoms with E-state index >= 15 is 0 Å². The minimum atomic E-state index is -0.358. The second kappa shape index (κ2) is 5.20. The molecule has 3 rings (SSSR count). The summed E-state index contributed by atoms with van der Waals surface area (Å²) in [5.41, 5.74) is 2.21. The number of para-hydroxylation sites is 1. The highest BCUT2D eigenvalue weighted by molar-refractivity contribution is 6.07. The molecule has 21 heavy (non-hydrogen) atoms. The van der Waals surface area contributed by atoms with E-state index in [2.05, 4.69) is 15.3 Å². The zero-order valence-electron chi connectivity index (χ0n) is 11.4. The number of aromatic nitrogens is 2. The fourth-order valence-electron chi connectivity index (χ4n) is 2.18. The third-order valence-corrected chi connectivity index (χ3v) is 3.11. The molecule has 0 spiro atoms. The van der Waals surface area contributed by atoms with Crippen molar-refractivity contribution >= 4 is 22.5 Å². The number of rotatable bonds is 2. The molecule has 1 aromatic carbocycles. The van der Waals surface area contributed by atoms with E-state index in [4.69, 9.17) is 0 Å². The van der Waals surface area contributed by atoms with E-state index in [1.807, 2.05) is 31.2 Å². The van der Waals surface area contributed by atoms with Gasteiger partial charge in [0.15, 0.2) is 0 Å². The van der Waals surface area contributed by atoms with Crippen LogP contribution in [0.2, 0.25) is 0 Å². The average molecular weight is 279 g/mol. The van der Waals surface area contributed by atoms with Crippen molar-refractivity contribution in [3.05, 3.63) is 70.3 Å². The number of nitrogens with zero attached hydrogens (tertiary/aromatic N) is 1. The summed E-state index contributed by atoms with van der Waals surface area (Å²) < 4.78 is 0. The van der Waals surface area contributed by atoms with Crippen molar-refractivity contribution in [2.24, 2.45) is 0 Å². The predicted octanol–water partition coefficient (Wildman–Crippen LogP) is 2.48. The van der Waals surface area contributed by atoms with Crippen LogP contribution in [0.25, 0.3) is 10.9 Å². The van der Waals surface area contributed by atoms with Crippen LogP contribution in [0.15, 0.2) is 53.3 Å². The molecule has 0 saturated carbocycles. The SMILES string of the molecule is Cc1cc(NC(=O)c2cccc(=O)[nH]2)c2ccccc2n1. The number of carbonyl (C=O) groups excluding carboxylic acids is 1. The molecule has 0 unspecified atom stereocenters. The van der Waals surface area contributed by atoms with Crippen LogP contribution in [0.3, 0.4) is 0 Å². The summed E-state index contributed by atoms with van der Waals surface area (Å²) in [6.45, 7) is 1.87. The van der Waals surface area contributed by atoms with Crippen LogP contribution in [-0.4, -0.2) is 15.9 Å². The standard InChI is InChI=1S/C16H13N3O2/c1-10-9-14(11-5-2-3-6-12(11)17-10)19-16(21)13-7-4-8-15(20)18-13/h2-9H,1H3,(H,18,20)(H,17,19,21). The molecule has 0 atom stereocenters. The Balaban J connectivity index is 2.02. The number of hydrogen-bond donors (Lipinski definition) is 2. The van der Waals surface area contributed by atoms with Gasteiger partial charge in [-0.2, -0.15) is 0 Å². The lowest BCUT2D eigenvalue weighted by molar-refractivity contribution is 0.102. The molecule has 2 heterocycles. The third-order valence-electron chi connectivity index (χ3n) is 3.11. The van der Waals surface area contributed by atoms with Crippen LogP contribution in [0.5, 0.6) is 0 Å². The second-order valence-corrected chi connectivity index (χ2v) is 4.71. The number of H-pyrrole nitrogens is 1. The van der Waals surface area contributed by atoms with Gasteiger partial charge >= 0.3 is 0 Å². The van der Waals surface area contributed by atoms with E-state index in [0.29, 0.717) is 5.69 Å². The second-order valence-electron chi connectivity index (χ2n) is 4.71. The lowest BCUT2D eigenvalue weighted by Gasteiger charge is -2.09. The number of aryl methyl sites for hydroxylation is 1. The van der Waals surface area contributed by atoms with Crippen molar-refractivity contribution in [3.8, 4) is 0 Å². The van der Waals surface area contributed by atoms with Gasteiger partial charge in [-0.25, -0.2) is 0 Å². The molecule has 0 aliphatic rings. The molecule has 2 aromatic heterocycles. The lowest BCUT2D eigenvalue weighted by atomic mass is 10.1. The first-order chi connectivity index (χ1) is 10.1. The minimum Gasteiger partial charge on any atom is -0.320 e. The molecule has 0 radical (unpaired) electrons. The van der Waals surface area contributed by atoms with Gasteiger partial charge in [-0.15, -0.1) is 0 Å². The van der Waals surface area contributed by atoms with E-state index in [1.54, 1.807) is 18.2 Å². The van der Waals surface area contributed by atoms with Gasteiger partial charge in [-0.3, -0.25) is 14.6 Å². The van der Waals surface area contributed by atoms with E-state index in [-0.39, 0.29) is 17.2 Å². The van der Waals surface area contributed by atoms with E-state index in [1.165, 1.54) is 6.07 Å². The summed E-state index contributed by atoms with van der Waals surface area (Å²) in [5.74, 6) is -0.358. The molecular weight excluding hydrogens is 266 g/mol. The van der Waals surface area contributed by atoms with Crippen LogP contribution >= 0.6 is 0 Å². The molecular formula is C16H13N3O2. The Morgan fingerprint density at radius 3 is 2.76 bits per heavy atom. The topological polar surface area (TPSA) is 74.8 Å². The van der Waals surface area contributed by atoms with Crippen molar-refractivity contribution in [1.82, 2.24) is 9.97 Å². The lowest BCUT2D eigenvalue weighted by Crippen LogP contribution is -2.18. The Labute approximate surface area is 120 Å². The number of hydrogen-bond acceptors (Lipinski definition) is 3. The van der Waals surface area contributed by atoms with Gasteiger partial charge in [-0.1, -0.05) is 24.3 Å². The maximum absolute atomic E-state index is 12.2. The van der Waals surface area contributed by atoms with Gasteiger partial charge in [0.05, 0.1) is 11.2 Å². The molecule has 5 heteroatoms. The maximum atomic E-state index is 12.2. The highest BCUT2D eigenvalue weighted by Crippen LogP contribution is 2.23. The number of carbonyl (C=O) groups is 1. The van der Waals surface area contributed by atoms with Crippen molar-refractivity contribution in [1.29, 1.82) is 0 Å². The smallest absolute Gasteiger partial charge is 0.272 e. The first-order valence-electron chi connectivity index (χ1n) is 6.50. The summed E-state index contributed by atoms with van der Waals surface area (Å²) in [6.07, 6.45) is 0. The molecule has 5 nitrogen and oxygen atoms in total. The summed E-state index contributed by atoms with van der Waals surface area (Å²) in [5, 5.41) is 3.68. The highest BCUT2D eigenvalue weighted by Gasteiger charge is 2.10. The monoisotopic (exact) mass is 279 g/mol. The molecule has 3 aromatic rings. The largest absolute Gasteiger partial charge is 0.320 e. The van der Waals surface area contributed by atoms with Gasteiger partial charge in [0.2, 0.25) is 5.56 Å². The summed E-state index contributed by atoms with van der Waals surface area (Å²) in [7, 11) is 0. The Morgan fingerprint density at radius 2 is 1.95 bits per heavy atom.